The Kier molecular flexibility index (Phi) is 7.29. The number of nitrogens with one attached hydrogen (secondary N) is 1. The van der Waals surface area contributed by atoms with Gasteiger partial charge in [0.25, 0.3) is 0 Å². The fourth-order valence-electron chi connectivity index (χ4n) is 1.95. The summed E-state index contributed by atoms with van der Waals surface area (Å²) in [4.78, 5) is 0. The highest BCUT2D eigenvalue weighted by Crippen LogP contribution is 2.17. The molecule has 0 fully saturated rings. The number of unbranched alkanes of at least 4 members (excludes halogenated alkanes) is 3. The minimum Gasteiger partial charge on any atom is -0.310 e. The first-order valence-electron chi connectivity index (χ1n) is 6.81. The minimum absolute atomic E-state index is 0.199. The molecule has 0 saturated carbocycles. The van der Waals surface area contributed by atoms with Crippen LogP contribution < -0.4 is 5.32 Å². The smallest absolute Gasteiger partial charge is 0.146 e. The van der Waals surface area contributed by atoms with Crippen LogP contribution in [0.25, 0.3) is 0 Å². The van der Waals surface area contributed by atoms with Crippen LogP contribution in [0.15, 0.2) is 18.2 Å². The fourth-order valence-corrected chi connectivity index (χ4v) is 2.14. The van der Waals surface area contributed by atoms with Crippen LogP contribution in [0, 0.1) is 5.82 Å². The van der Waals surface area contributed by atoms with Gasteiger partial charge in [0.05, 0.1) is 5.02 Å². The predicted molar refractivity (Wildman–Crippen MR) is 76.5 cm³/mol. The molecular weight excluding hydrogens is 249 g/mol. The van der Waals surface area contributed by atoms with Crippen LogP contribution in [0.4, 0.5) is 4.39 Å². The van der Waals surface area contributed by atoms with E-state index in [0.717, 1.165) is 6.42 Å². The lowest BCUT2D eigenvalue weighted by Gasteiger charge is -2.14. The third kappa shape index (κ3) is 5.36. The molecule has 0 saturated heterocycles. The summed E-state index contributed by atoms with van der Waals surface area (Å²) in [6.45, 7) is 4.90. The van der Waals surface area contributed by atoms with Gasteiger partial charge in [-0.25, -0.2) is 4.39 Å². The van der Waals surface area contributed by atoms with Gasteiger partial charge in [-0.3, -0.25) is 0 Å². The first-order valence-corrected chi connectivity index (χ1v) is 7.19. The number of benzene rings is 1. The van der Waals surface area contributed by atoms with Crippen LogP contribution in [0.2, 0.25) is 5.02 Å². The molecule has 0 aliphatic heterocycles. The van der Waals surface area contributed by atoms with Gasteiger partial charge in [-0.1, -0.05) is 56.3 Å². The van der Waals surface area contributed by atoms with E-state index in [-0.39, 0.29) is 10.8 Å². The zero-order valence-electron chi connectivity index (χ0n) is 11.3. The van der Waals surface area contributed by atoms with Gasteiger partial charge in [0.15, 0.2) is 0 Å². The summed E-state index contributed by atoms with van der Waals surface area (Å²) in [5.74, 6) is -0.301. The molecule has 1 unspecified atom stereocenters. The van der Waals surface area contributed by atoms with Crippen molar-refractivity contribution in [2.45, 2.75) is 58.5 Å². The molecule has 1 nitrogen and oxygen atoms in total. The molecule has 0 aliphatic carbocycles. The second kappa shape index (κ2) is 8.49. The van der Waals surface area contributed by atoms with Crippen molar-refractivity contribution in [1.82, 2.24) is 5.32 Å². The van der Waals surface area contributed by atoms with Crippen molar-refractivity contribution in [3.8, 4) is 0 Å². The maximum atomic E-state index is 13.6. The van der Waals surface area contributed by atoms with Crippen molar-refractivity contribution < 1.29 is 4.39 Å². The van der Waals surface area contributed by atoms with E-state index in [2.05, 4.69) is 19.2 Å². The van der Waals surface area contributed by atoms with Gasteiger partial charge in [-0.05, 0) is 19.4 Å². The molecule has 0 heterocycles. The highest BCUT2D eigenvalue weighted by atomic mass is 35.5. The summed E-state index contributed by atoms with van der Waals surface area (Å²) in [6.07, 6.45) is 6.22. The van der Waals surface area contributed by atoms with Gasteiger partial charge in [0.2, 0.25) is 0 Å². The molecule has 1 rings (SSSR count). The normalized spacial score (nSPS) is 12.7. The highest BCUT2D eigenvalue weighted by molar-refractivity contribution is 6.30. The first kappa shape index (κ1) is 15.5. The Morgan fingerprint density at radius 3 is 2.78 bits per heavy atom. The lowest BCUT2D eigenvalue weighted by atomic mass is 10.1. The summed E-state index contributed by atoms with van der Waals surface area (Å²) in [6, 6.07) is 5.56. The van der Waals surface area contributed by atoms with E-state index in [0.29, 0.717) is 18.2 Å². The first-order chi connectivity index (χ1) is 8.65. The lowest BCUT2D eigenvalue weighted by Crippen LogP contribution is -2.25. The molecule has 3 heteroatoms. The van der Waals surface area contributed by atoms with Crippen molar-refractivity contribution in [2.75, 3.05) is 0 Å². The second-order valence-corrected chi connectivity index (χ2v) is 5.25. The van der Waals surface area contributed by atoms with E-state index < -0.39 is 0 Å². The average molecular weight is 272 g/mol. The Morgan fingerprint density at radius 2 is 2.06 bits per heavy atom. The molecule has 1 aromatic rings. The van der Waals surface area contributed by atoms with E-state index in [1.165, 1.54) is 25.7 Å². The zero-order valence-corrected chi connectivity index (χ0v) is 12.1. The second-order valence-electron chi connectivity index (χ2n) is 4.84. The Labute approximate surface area is 115 Å². The molecule has 1 N–H and O–H groups in total. The van der Waals surface area contributed by atoms with Gasteiger partial charge in [-0.15, -0.1) is 0 Å². The van der Waals surface area contributed by atoms with Crippen molar-refractivity contribution in [1.29, 1.82) is 0 Å². The summed E-state index contributed by atoms with van der Waals surface area (Å²) in [5.41, 5.74) is 0.642. The Balaban J connectivity index is 2.29. The van der Waals surface area contributed by atoms with Gasteiger partial charge in [-0.2, -0.15) is 0 Å². The maximum Gasteiger partial charge on any atom is 0.146 e. The van der Waals surface area contributed by atoms with E-state index in [1.807, 2.05) is 0 Å². The van der Waals surface area contributed by atoms with Gasteiger partial charge in [0, 0.05) is 18.2 Å². The Bertz CT molecular complexity index is 354. The van der Waals surface area contributed by atoms with E-state index in [4.69, 9.17) is 11.6 Å². The molecule has 0 aliphatic rings. The fraction of sp³-hybridized carbons (Fsp3) is 0.600. The maximum absolute atomic E-state index is 13.6. The van der Waals surface area contributed by atoms with E-state index in [1.54, 1.807) is 18.2 Å². The lowest BCUT2D eigenvalue weighted by molar-refractivity contribution is 0.475. The number of halogens is 2. The molecule has 0 aromatic heterocycles. The number of hydrogen-bond acceptors (Lipinski definition) is 1. The van der Waals surface area contributed by atoms with Crippen LogP contribution in [0.3, 0.4) is 0 Å². The summed E-state index contributed by atoms with van der Waals surface area (Å²) in [5, 5.41) is 3.54. The Morgan fingerprint density at radius 1 is 1.28 bits per heavy atom. The van der Waals surface area contributed by atoms with Crippen molar-refractivity contribution in [2.24, 2.45) is 0 Å². The SMILES string of the molecule is CCCCCCC(C)NCc1cccc(Cl)c1F. The highest BCUT2D eigenvalue weighted by Gasteiger charge is 2.07. The zero-order chi connectivity index (χ0) is 13.4. The van der Waals surface area contributed by atoms with Crippen LogP contribution in [0.1, 0.15) is 51.5 Å². The van der Waals surface area contributed by atoms with Crippen LogP contribution >= 0.6 is 11.6 Å². The summed E-state index contributed by atoms with van der Waals surface area (Å²) < 4.78 is 13.6. The summed E-state index contributed by atoms with van der Waals surface area (Å²) >= 11 is 5.74. The molecule has 0 spiro atoms. The third-order valence-corrected chi connectivity index (χ3v) is 3.46. The molecule has 102 valence electrons. The van der Waals surface area contributed by atoms with Crippen LogP contribution in [-0.2, 0) is 6.54 Å². The standard InChI is InChI=1S/C15H23ClFN/c1-3-4-5-6-8-12(2)18-11-13-9-7-10-14(16)15(13)17/h7,9-10,12,18H,3-6,8,11H2,1-2H3. The van der Waals surface area contributed by atoms with E-state index >= 15 is 0 Å². The van der Waals surface area contributed by atoms with E-state index in [9.17, 15) is 4.39 Å². The van der Waals surface area contributed by atoms with Gasteiger partial charge < -0.3 is 5.32 Å². The molecule has 1 atom stereocenters. The van der Waals surface area contributed by atoms with Gasteiger partial charge >= 0.3 is 0 Å². The van der Waals surface area contributed by atoms with Gasteiger partial charge in [0.1, 0.15) is 5.82 Å². The molecule has 0 bridgehead atoms. The number of hydrogen-bond donors (Lipinski definition) is 1. The van der Waals surface area contributed by atoms with Crippen LogP contribution in [-0.4, -0.2) is 6.04 Å². The molecule has 1 aromatic carbocycles. The predicted octanol–water partition coefficient (Wildman–Crippen LogP) is 4.93. The van der Waals surface area contributed by atoms with Crippen molar-refractivity contribution in [3.05, 3.63) is 34.6 Å². The van der Waals surface area contributed by atoms with Crippen LogP contribution in [0.5, 0.6) is 0 Å². The third-order valence-electron chi connectivity index (χ3n) is 3.16. The quantitative estimate of drug-likeness (QED) is 0.661. The molecule has 0 radical (unpaired) electrons. The summed E-state index contributed by atoms with van der Waals surface area (Å²) in [7, 11) is 0. The van der Waals surface area contributed by atoms with Crippen molar-refractivity contribution in [3.63, 3.8) is 0 Å². The Hall–Kier alpha value is -0.600. The monoisotopic (exact) mass is 271 g/mol. The minimum atomic E-state index is -0.301. The molecular formula is C15H23ClFN. The van der Waals surface area contributed by atoms with Crippen molar-refractivity contribution >= 4 is 11.6 Å². The topological polar surface area (TPSA) is 12.0 Å². The number of rotatable bonds is 8. The molecule has 18 heavy (non-hydrogen) atoms. The largest absolute Gasteiger partial charge is 0.310 e. The average Bonchev–Trinajstić information content (AvgIpc) is 2.36. The molecule has 0 amide bonds.